The molecule has 4 N–H and O–H groups in total. The Hall–Kier alpha value is -3.01. The second-order valence-corrected chi connectivity index (χ2v) is 9.41. The van der Waals surface area contributed by atoms with E-state index in [1.54, 1.807) is 18.2 Å². The van der Waals surface area contributed by atoms with Crippen LogP contribution in [0.3, 0.4) is 0 Å². The van der Waals surface area contributed by atoms with Crippen LogP contribution in [-0.4, -0.2) is 62.1 Å². The molecule has 8 nitrogen and oxygen atoms in total. The van der Waals surface area contributed by atoms with Gasteiger partial charge in [0, 0.05) is 61.2 Å². The number of halogens is 1. The number of primary amides is 1. The van der Waals surface area contributed by atoms with Gasteiger partial charge in [-0.25, -0.2) is 0 Å². The Morgan fingerprint density at radius 3 is 2.50 bits per heavy atom. The lowest BCUT2D eigenvalue weighted by atomic mass is 10.0. The van der Waals surface area contributed by atoms with Gasteiger partial charge < -0.3 is 25.3 Å². The summed E-state index contributed by atoms with van der Waals surface area (Å²) in [4.78, 5) is 29.3. The average molecular weight is 526 g/mol. The summed E-state index contributed by atoms with van der Waals surface area (Å²) in [5.74, 6) is -1.36. The molecule has 1 aliphatic heterocycles. The number of piperazine rings is 1. The van der Waals surface area contributed by atoms with Crippen LogP contribution < -0.4 is 16.0 Å². The molecule has 1 saturated heterocycles. The van der Waals surface area contributed by atoms with Gasteiger partial charge in [-0.1, -0.05) is 28.1 Å². The average Bonchev–Trinajstić information content (AvgIpc) is 3.21. The third-order valence-electron chi connectivity index (χ3n) is 6.07. The zero-order chi connectivity index (χ0) is 24.2. The second kappa shape index (κ2) is 10.5. The number of ketones is 1. The lowest BCUT2D eigenvalue weighted by Gasteiger charge is -2.34. The van der Waals surface area contributed by atoms with Crippen molar-refractivity contribution in [3.05, 3.63) is 63.8 Å². The Balaban J connectivity index is 1.32. The van der Waals surface area contributed by atoms with Gasteiger partial charge in [0.1, 0.15) is 11.3 Å². The molecule has 1 amide bonds. The molecule has 1 fully saturated rings. The van der Waals surface area contributed by atoms with Gasteiger partial charge in [-0.2, -0.15) is 0 Å². The molecule has 34 heavy (non-hydrogen) atoms. The lowest BCUT2D eigenvalue weighted by molar-refractivity contribution is -0.112. The van der Waals surface area contributed by atoms with Gasteiger partial charge in [0.2, 0.25) is 5.76 Å². The number of furan rings is 1. The standard InChI is InChI=1S/C25H28BrN5O3/c1-30-10-12-31(13-11-30)18-5-2-16(3-6-18)15-29-9-8-20(32)23(27)22-19-14-17(26)4-7-21(19)34-24(22)25(28)33/h2-7,14,27,29H,8-13,15H2,1H3,(H2,28,33). The SMILES string of the molecule is CN1CCN(c2ccc(CNCCC(=O)C(=N)c3c(C(N)=O)oc4ccc(Br)cc34)cc2)CC1. The molecular weight excluding hydrogens is 498 g/mol. The number of benzene rings is 2. The van der Waals surface area contributed by atoms with E-state index in [1.807, 2.05) is 0 Å². The van der Waals surface area contributed by atoms with Crippen LogP contribution in [0, 0.1) is 5.41 Å². The highest BCUT2D eigenvalue weighted by Gasteiger charge is 2.25. The van der Waals surface area contributed by atoms with Gasteiger partial charge in [0.15, 0.2) is 5.78 Å². The van der Waals surface area contributed by atoms with Crippen molar-refractivity contribution >= 4 is 50.0 Å². The van der Waals surface area contributed by atoms with Crippen LogP contribution in [0.4, 0.5) is 5.69 Å². The minimum atomic E-state index is -0.807. The summed E-state index contributed by atoms with van der Waals surface area (Å²) in [5.41, 5.74) is 8.07. The summed E-state index contributed by atoms with van der Waals surface area (Å²) in [5, 5.41) is 12.2. The molecule has 1 aliphatic rings. The number of nitrogens with two attached hydrogens (primary N) is 1. The Labute approximate surface area is 206 Å². The quantitative estimate of drug-likeness (QED) is 0.292. The minimum Gasteiger partial charge on any atom is -0.450 e. The van der Waals surface area contributed by atoms with E-state index < -0.39 is 5.91 Å². The van der Waals surface area contributed by atoms with Crippen LogP contribution in [0.15, 0.2) is 51.4 Å². The number of amides is 1. The highest BCUT2D eigenvalue weighted by atomic mass is 79.9. The zero-order valence-corrected chi connectivity index (χ0v) is 20.7. The summed E-state index contributed by atoms with van der Waals surface area (Å²) >= 11 is 3.37. The number of hydrogen-bond donors (Lipinski definition) is 3. The summed E-state index contributed by atoms with van der Waals surface area (Å²) in [7, 11) is 2.14. The maximum Gasteiger partial charge on any atom is 0.285 e. The maximum atomic E-state index is 12.7. The number of hydrogen-bond acceptors (Lipinski definition) is 7. The summed E-state index contributed by atoms with van der Waals surface area (Å²) in [6.45, 7) is 5.23. The smallest absolute Gasteiger partial charge is 0.285 e. The van der Waals surface area contributed by atoms with E-state index >= 15 is 0 Å². The van der Waals surface area contributed by atoms with E-state index in [0.717, 1.165) is 36.2 Å². The molecule has 1 aromatic heterocycles. The fourth-order valence-electron chi connectivity index (χ4n) is 4.08. The van der Waals surface area contributed by atoms with Gasteiger partial charge in [-0.15, -0.1) is 0 Å². The van der Waals surface area contributed by atoms with Crippen LogP contribution in [0.25, 0.3) is 11.0 Å². The Morgan fingerprint density at radius 2 is 1.82 bits per heavy atom. The van der Waals surface area contributed by atoms with Gasteiger partial charge in [-0.3, -0.25) is 15.0 Å². The largest absolute Gasteiger partial charge is 0.450 e. The van der Waals surface area contributed by atoms with Crippen molar-refractivity contribution < 1.29 is 14.0 Å². The summed E-state index contributed by atoms with van der Waals surface area (Å²) in [6.07, 6.45) is 0.122. The third kappa shape index (κ3) is 5.38. The van der Waals surface area contributed by atoms with Crippen molar-refractivity contribution in [3.63, 3.8) is 0 Å². The molecule has 178 valence electrons. The summed E-state index contributed by atoms with van der Waals surface area (Å²) < 4.78 is 6.27. The predicted molar refractivity (Wildman–Crippen MR) is 137 cm³/mol. The van der Waals surface area contributed by atoms with E-state index in [0.29, 0.717) is 24.1 Å². The van der Waals surface area contributed by atoms with Crippen molar-refractivity contribution in [1.82, 2.24) is 10.2 Å². The number of anilines is 1. The number of likely N-dealkylation sites (N-methyl/N-ethyl adjacent to an activating group) is 1. The Kier molecular flexibility index (Phi) is 7.45. The van der Waals surface area contributed by atoms with Gasteiger partial charge in [0.25, 0.3) is 5.91 Å². The second-order valence-electron chi connectivity index (χ2n) is 8.49. The van der Waals surface area contributed by atoms with Crippen LogP contribution in [0.5, 0.6) is 0 Å². The van der Waals surface area contributed by atoms with E-state index in [4.69, 9.17) is 15.6 Å². The van der Waals surface area contributed by atoms with Crippen LogP contribution >= 0.6 is 15.9 Å². The minimum absolute atomic E-state index is 0.122. The van der Waals surface area contributed by atoms with Crippen molar-refractivity contribution in [2.75, 3.05) is 44.7 Å². The molecule has 0 saturated carbocycles. The van der Waals surface area contributed by atoms with Crippen LogP contribution in [0.2, 0.25) is 0 Å². The fraction of sp³-hybridized carbons (Fsp3) is 0.320. The number of carbonyl (C=O) groups is 2. The first kappa shape index (κ1) is 24.1. The molecule has 0 bridgehead atoms. The molecule has 0 atom stereocenters. The molecule has 4 rings (SSSR count). The molecule has 2 aromatic carbocycles. The van der Waals surface area contributed by atoms with Crippen molar-refractivity contribution in [2.24, 2.45) is 5.73 Å². The Morgan fingerprint density at radius 1 is 1.12 bits per heavy atom. The van der Waals surface area contributed by atoms with E-state index in [-0.39, 0.29) is 29.2 Å². The lowest BCUT2D eigenvalue weighted by Crippen LogP contribution is -2.44. The highest BCUT2D eigenvalue weighted by molar-refractivity contribution is 9.10. The predicted octanol–water partition coefficient (Wildman–Crippen LogP) is 3.16. The van der Waals surface area contributed by atoms with Gasteiger partial charge in [-0.05, 0) is 42.9 Å². The van der Waals surface area contributed by atoms with E-state index in [1.165, 1.54) is 5.69 Å². The number of fused-ring (bicyclic) bond motifs is 1. The van der Waals surface area contributed by atoms with Crippen LogP contribution in [0.1, 0.15) is 28.1 Å². The third-order valence-corrected chi connectivity index (χ3v) is 6.56. The molecular formula is C25H28BrN5O3. The Bertz CT molecular complexity index is 1210. The molecule has 0 spiro atoms. The molecule has 0 aliphatic carbocycles. The summed E-state index contributed by atoms with van der Waals surface area (Å²) in [6, 6.07) is 13.6. The number of rotatable bonds is 9. The highest BCUT2D eigenvalue weighted by Crippen LogP contribution is 2.29. The normalized spacial score (nSPS) is 14.5. The number of nitrogens with zero attached hydrogens (tertiary/aromatic N) is 2. The molecule has 0 unspecified atom stereocenters. The first-order valence-corrected chi connectivity index (χ1v) is 12.0. The maximum absolute atomic E-state index is 12.7. The fourth-order valence-corrected chi connectivity index (χ4v) is 4.44. The molecule has 3 aromatic rings. The number of carbonyl (C=O) groups excluding carboxylic acids is 2. The van der Waals surface area contributed by atoms with E-state index in [2.05, 4.69) is 62.4 Å². The first-order valence-electron chi connectivity index (χ1n) is 11.2. The monoisotopic (exact) mass is 525 g/mol. The van der Waals surface area contributed by atoms with Crippen molar-refractivity contribution in [1.29, 1.82) is 5.41 Å². The molecule has 2 heterocycles. The van der Waals surface area contributed by atoms with Crippen molar-refractivity contribution in [2.45, 2.75) is 13.0 Å². The van der Waals surface area contributed by atoms with E-state index in [9.17, 15) is 9.59 Å². The molecule has 9 heteroatoms. The number of nitrogens with one attached hydrogen (secondary N) is 2. The van der Waals surface area contributed by atoms with Crippen molar-refractivity contribution in [3.8, 4) is 0 Å². The van der Waals surface area contributed by atoms with Crippen LogP contribution in [-0.2, 0) is 11.3 Å². The zero-order valence-electron chi connectivity index (χ0n) is 19.1. The molecule has 0 radical (unpaired) electrons. The topological polar surface area (TPSA) is 116 Å². The first-order chi connectivity index (χ1) is 16.3. The van der Waals surface area contributed by atoms with Gasteiger partial charge >= 0.3 is 0 Å². The van der Waals surface area contributed by atoms with Gasteiger partial charge in [0.05, 0.1) is 5.56 Å². The number of Topliss-reactive ketones (excluding diaryl/α,β-unsaturated/α-hetero) is 1.